The molecule has 0 spiro atoms. The fourth-order valence-electron chi connectivity index (χ4n) is 1.48. The first kappa shape index (κ1) is 14.7. The molecule has 106 valence electrons. The second-order valence-corrected chi connectivity index (χ2v) is 4.51. The van der Waals surface area contributed by atoms with Crippen LogP contribution in [0.5, 0.6) is 0 Å². The van der Waals surface area contributed by atoms with E-state index in [1.807, 2.05) is 0 Å². The van der Waals surface area contributed by atoms with Crippen LogP contribution in [0.4, 0.5) is 0 Å². The molecule has 0 bridgehead atoms. The van der Waals surface area contributed by atoms with Gasteiger partial charge in [0.05, 0.1) is 5.56 Å². The molecule has 0 atom stereocenters. The maximum absolute atomic E-state index is 11.7. The molecule has 0 aliphatic carbocycles. The number of pyridine rings is 1. The molecule has 0 unspecified atom stereocenters. The SMILES string of the molecule is O=C(/C=C/c1ccc(Cl)cc1)NNC(=O)c1cccnc1. The molecule has 0 radical (unpaired) electrons. The minimum atomic E-state index is -0.442. The van der Waals surface area contributed by atoms with Crippen molar-refractivity contribution >= 4 is 29.5 Å². The molecule has 1 aromatic heterocycles. The van der Waals surface area contributed by atoms with E-state index in [1.165, 1.54) is 12.3 Å². The summed E-state index contributed by atoms with van der Waals surface area (Å²) in [5, 5.41) is 0.625. The van der Waals surface area contributed by atoms with Crippen LogP contribution in [0.15, 0.2) is 54.9 Å². The molecule has 1 heterocycles. The van der Waals surface area contributed by atoms with E-state index >= 15 is 0 Å². The van der Waals surface area contributed by atoms with Gasteiger partial charge in [0.2, 0.25) is 0 Å². The van der Waals surface area contributed by atoms with Crippen molar-refractivity contribution < 1.29 is 9.59 Å². The van der Waals surface area contributed by atoms with Crippen molar-refractivity contribution in [1.82, 2.24) is 15.8 Å². The lowest BCUT2D eigenvalue weighted by Crippen LogP contribution is -2.40. The average molecular weight is 302 g/mol. The number of halogens is 1. The Morgan fingerprint density at radius 1 is 1.10 bits per heavy atom. The summed E-state index contributed by atoms with van der Waals surface area (Å²) in [5.41, 5.74) is 5.76. The monoisotopic (exact) mass is 301 g/mol. The van der Waals surface area contributed by atoms with Gasteiger partial charge in [0.15, 0.2) is 0 Å². The molecule has 0 fully saturated rings. The minimum Gasteiger partial charge on any atom is -0.268 e. The molecule has 0 aliphatic rings. The number of hydrogen-bond donors (Lipinski definition) is 2. The Morgan fingerprint density at radius 3 is 2.52 bits per heavy atom. The van der Waals surface area contributed by atoms with Gasteiger partial charge in [-0.15, -0.1) is 0 Å². The number of carbonyl (C=O) groups excluding carboxylic acids is 2. The van der Waals surface area contributed by atoms with E-state index in [4.69, 9.17) is 11.6 Å². The standard InChI is InChI=1S/C15H12ClN3O2/c16-13-6-3-11(4-7-13)5-8-14(20)18-19-15(21)12-2-1-9-17-10-12/h1-10H,(H,18,20)(H,19,21)/b8-5+. The van der Waals surface area contributed by atoms with Gasteiger partial charge in [0.1, 0.15) is 0 Å². The largest absolute Gasteiger partial charge is 0.271 e. The van der Waals surface area contributed by atoms with Crippen LogP contribution in [-0.4, -0.2) is 16.8 Å². The second kappa shape index (κ2) is 7.21. The molecule has 21 heavy (non-hydrogen) atoms. The van der Waals surface area contributed by atoms with Crippen LogP contribution in [0.25, 0.3) is 6.08 Å². The summed E-state index contributed by atoms with van der Waals surface area (Å²) < 4.78 is 0. The lowest BCUT2D eigenvalue weighted by atomic mass is 10.2. The van der Waals surface area contributed by atoms with Crippen LogP contribution in [0.2, 0.25) is 5.02 Å². The fourth-order valence-corrected chi connectivity index (χ4v) is 1.60. The van der Waals surface area contributed by atoms with Gasteiger partial charge >= 0.3 is 0 Å². The summed E-state index contributed by atoms with van der Waals surface area (Å²) in [6.45, 7) is 0. The Morgan fingerprint density at radius 2 is 1.86 bits per heavy atom. The highest BCUT2D eigenvalue weighted by Gasteiger charge is 2.04. The van der Waals surface area contributed by atoms with Crippen molar-refractivity contribution in [1.29, 1.82) is 0 Å². The van der Waals surface area contributed by atoms with E-state index in [2.05, 4.69) is 15.8 Å². The maximum Gasteiger partial charge on any atom is 0.271 e. The number of nitrogens with one attached hydrogen (secondary N) is 2. The predicted molar refractivity (Wildman–Crippen MR) is 80.3 cm³/mol. The van der Waals surface area contributed by atoms with Gasteiger partial charge in [-0.25, -0.2) is 0 Å². The third kappa shape index (κ3) is 4.74. The normalized spacial score (nSPS) is 10.3. The third-order valence-electron chi connectivity index (χ3n) is 2.52. The van der Waals surface area contributed by atoms with Gasteiger partial charge in [-0.1, -0.05) is 23.7 Å². The molecule has 2 rings (SSSR count). The quantitative estimate of drug-likeness (QED) is 0.674. The summed E-state index contributed by atoms with van der Waals surface area (Å²) in [4.78, 5) is 27.0. The van der Waals surface area contributed by atoms with Crippen LogP contribution in [0, 0.1) is 0 Å². The Bertz CT molecular complexity index is 654. The molecule has 2 N–H and O–H groups in total. The van der Waals surface area contributed by atoms with Gasteiger partial charge in [-0.3, -0.25) is 25.4 Å². The third-order valence-corrected chi connectivity index (χ3v) is 2.77. The molecule has 1 aromatic carbocycles. The van der Waals surface area contributed by atoms with E-state index in [0.29, 0.717) is 10.6 Å². The molecule has 0 aliphatic heterocycles. The predicted octanol–water partition coefficient (Wildman–Crippen LogP) is 2.21. The molecular formula is C15H12ClN3O2. The van der Waals surface area contributed by atoms with Crippen molar-refractivity contribution in [3.63, 3.8) is 0 Å². The molecule has 2 amide bonds. The average Bonchev–Trinajstić information content (AvgIpc) is 2.53. The van der Waals surface area contributed by atoms with Gasteiger partial charge < -0.3 is 0 Å². The lowest BCUT2D eigenvalue weighted by molar-refractivity contribution is -0.117. The molecule has 0 saturated carbocycles. The van der Waals surface area contributed by atoms with Crippen LogP contribution < -0.4 is 10.9 Å². The number of hydrazine groups is 1. The van der Waals surface area contributed by atoms with E-state index in [-0.39, 0.29) is 0 Å². The summed E-state index contributed by atoms with van der Waals surface area (Å²) in [6, 6.07) is 10.2. The molecule has 0 saturated heterocycles. The Balaban J connectivity index is 1.85. The van der Waals surface area contributed by atoms with Crippen LogP contribution >= 0.6 is 11.6 Å². The Labute approximate surface area is 126 Å². The van der Waals surface area contributed by atoms with E-state index in [1.54, 1.807) is 48.7 Å². The first-order valence-corrected chi connectivity index (χ1v) is 6.47. The molecule has 6 heteroatoms. The maximum atomic E-state index is 11.7. The zero-order chi connectivity index (χ0) is 15.1. The number of hydrogen-bond acceptors (Lipinski definition) is 3. The number of benzene rings is 1. The number of carbonyl (C=O) groups is 2. The van der Waals surface area contributed by atoms with Crippen molar-refractivity contribution in [2.24, 2.45) is 0 Å². The van der Waals surface area contributed by atoms with E-state index in [9.17, 15) is 9.59 Å². The van der Waals surface area contributed by atoms with Gasteiger partial charge in [0, 0.05) is 23.5 Å². The zero-order valence-electron chi connectivity index (χ0n) is 10.9. The lowest BCUT2D eigenvalue weighted by Gasteiger charge is -2.04. The first-order chi connectivity index (χ1) is 10.1. The summed E-state index contributed by atoms with van der Waals surface area (Å²) in [5.74, 6) is -0.876. The molecule has 5 nitrogen and oxygen atoms in total. The van der Waals surface area contributed by atoms with Gasteiger partial charge in [0.25, 0.3) is 11.8 Å². The Hall–Kier alpha value is -2.66. The topological polar surface area (TPSA) is 71.1 Å². The van der Waals surface area contributed by atoms with Crippen molar-refractivity contribution in [2.45, 2.75) is 0 Å². The minimum absolute atomic E-state index is 0.361. The zero-order valence-corrected chi connectivity index (χ0v) is 11.7. The highest BCUT2D eigenvalue weighted by molar-refractivity contribution is 6.30. The fraction of sp³-hybridized carbons (Fsp3) is 0. The van der Waals surface area contributed by atoms with Gasteiger partial charge in [-0.05, 0) is 35.9 Å². The highest BCUT2D eigenvalue weighted by Crippen LogP contribution is 2.10. The summed E-state index contributed by atoms with van der Waals surface area (Å²) in [6.07, 6.45) is 5.89. The summed E-state index contributed by atoms with van der Waals surface area (Å²) >= 11 is 5.76. The van der Waals surface area contributed by atoms with Crippen LogP contribution in [0.3, 0.4) is 0 Å². The van der Waals surface area contributed by atoms with Crippen LogP contribution in [-0.2, 0) is 4.79 Å². The smallest absolute Gasteiger partial charge is 0.268 e. The van der Waals surface area contributed by atoms with E-state index < -0.39 is 11.8 Å². The van der Waals surface area contributed by atoms with Gasteiger partial charge in [-0.2, -0.15) is 0 Å². The molecule has 2 aromatic rings. The number of nitrogens with zero attached hydrogens (tertiary/aromatic N) is 1. The van der Waals surface area contributed by atoms with Crippen molar-refractivity contribution in [3.8, 4) is 0 Å². The highest BCUT2D eigenvalue weighted by atomic mass is 35.5. The Kier molecular flexibility index (Phi) is 5.06. The van der Waals surface area contributed by atoms with Crippen LogP contribution in [0.1, 0.15) is 15.9 Å². The first-order valence-electron chi connectivity index (χ1n) is 6.09. The second-order valence-electron chi connectivity index (χ2n) is 4.07. The number of aromatic nitrogens is 1. The van der Waals surface area contributed by atoms with E-state index in [0.717, 1.165) is 5.56 Å². The van der Waals surface area contributed by atoms with Crippen molar-refractivity contribution in [2.75, 3.05) is 0 Å². The number of rotatable bonds is 3. The summed E-state index contributed by atoms with van der Waals surface area (Å²) in [7, 11) is 0. The van der Waals surface area contributed by atoms with Crippen molar-refractivity contribution in [3.05, 3.63) is 71.0 Å². The number of amides is 2. The molecular weight excluding hydrogens is 290 g/mol.